The Morgan fingerprint density at radius 2 is 1.89 bits per heavy atom. The molecule has 1 unspecified atom stereocenters. The summed E-state index contributed by atoms with van der Waals surface area (Å²) in [7, 11) is 0. The lowest BCUT2D eigenvalue weighted by Gasteiger charge is -2.24. The molecular weight excluding hydrogens is 248 g/mol. The monoisotopic (exact) mass is 274 g/mol. The van der Waals surface area contributed by atoms with Crippen LogP contribution in [0.25, 0.3) is 0 Å². The highest BCUT2D eigenvalue weighted by Crippen LogP contribution is 2.10. The lowest BCUT2D eigenvalue weighted by molar-refractivity contribution is -0.139. The van der Waals surface area contributed by atoms with Crippen LogP contribution in [0.15, 0.2) is 0 Å². The van der Waals surface area contributed by atoms with E-state index in [0.29, 0.717) is 12.3 Å². The second-order valence-electron chi connectivity index (χ2n) is 5.71. The second-order valence-corrected chi connectivity index (χ2v) is 5.71. The van der Waals surface area contributed by atoms with Crippen molar-refractivity contribution < 1.29 is 19.4 Å². The molecule has 0 rings (SSSR count). The van der Waals surface area contributed by atoms with E-state index in [0.717, 1.165) is 12.8 Å². The maximum absolute atomic E-state index is 11.6. The zero-order valence-electron chi connectivity index (χ0n) is 12.2. The zero-order valence-corrected chi connectivity index (χ0v) is 12.2. The van der Waals surface area contributed by atoms with Crippen molar-refractivity contribution in [3.05, 3.63) is 0 Å². The SMILES string of the molecule is CC(C)CCCC(NC(=O)OC(C)(C)CN)C(=O)O. The maximum Gasteiger partial charge on any atom is 0.408 e. The molecule has 0 aromatic rings. The number of amides is 1. The fourth-order valence-electron chi connectivity index (χ4n) is 1.45. The van der Waals surface area contributed by atoms with E-state index < -0.39 is 23.7 Å². The summed E-state index contributed by atoms with van der Waals surface area (Å²) >= 11 is 0. The van der Waals surface area contributed by atoms with Crippen molar-refractivity contribution in [2.24, 2.45) is 11.7 Å². The van der Waals surface area contributed by atoms with E-state index in [1.165, 1.54) is 0 Å². The first-order chi connectivity index (χ1) is 8.68. The average molecular weight is 274 g/mol. The second kappa shape index (κ2) is 7.99. The number of carboxylic acid groups (broad SMARTS) is 1. The molecule has 6 nitrogen and oxygen atoms in total. The molecule has 0 heterocycles. The number of carboxylic acids is 1. The van der Waals surface area contributed by atoms with Gasteiger partial charge in [0.2, 0.25) is 0 Å². The van der Waals surface area contributed by atoms with Gasteiger partial charge in [-0.3, -0.25) is 0 Å². The highest BCUT2D eigenvalue weighted by Gasteiger charge is 2.25. The summed E-state index contributed by atoms with van der Waals surface area (Å²) in [5.74, 6) is -0.538. The third-order valence-electron chi connectivity index (χ3n) is 2.73. The van der Waals surface area contributed by atoms with E-state index in [2.05, 4.69) is 19.2 Å². The van der Waals surface area contributed by atoms with E-state index in [1.54, 1.807) is 13.8 Å². The summed E-state index contributed by atoms with van der Waals surface area (Å²) in [6, 6.07) is -0.917. The molecule has 0 saturated carbocycles. The summed E-state index contributed by atoms with van der Waals surface area (Å²) in [5.41, 5.74) is 4.64. The Balaban J connectivity index is 4.27. The van der Waals surface area contributed by atoms with Crippen LogP contribution in [0.3, 0.4) is 0 Å². The lowest BCUT2D eigenvalue weighted by Crippen LogP contribution is -2.46. The van der Waals surface area contributed by atoms with Crippen molar-refractivity contribution in [1.82, 2.24) is 5.32 Å². The van der Waals surface area contributed by atoms with Gasteiger partial charge in [0.25, 0.3) is 0 Å². The molecule has 0 aliphatic rings. The Labute approximate surface area is 114 Å². The summed E-state index contributed by atoms with van der Waals surface area (Å²) in [5, 5.41) is 11.4. The molecule has 0 bridgehead atoms. The number of ether oxygens (including phenoxy) is 1. The van der Waals surface area contributed by atoms with Crippen LogP contribution in [0.4, 0.5) is 4.79 Å². The number of rotatable bonds is 8. The van der Waals surface area contributed by atoms with Crippen LogP contribution in [-0.4, -0.2) is 35.4 Å². The average Bonchev–Trinajstić information content (AvgIpc) is 2.26. The Hall–Kier alpha value is -1.30. The van der Waals surface area contributed by atoms with Crippen LogP contribution in [0.1, 0.15) is 47.0 Å². The predicted octanol–water partition coefficient (Wildman–Crippen LogP) is 1.73. The van der Waals surface area contributed by atoms with Gasteiger partial charge in [-0.05, 0) is 26.2 Å². The van der Waals surface area contributed by atoms with Crippen molar-refractivity contribution >= 4 is 12.1 Å². The van der Waals surface area contributed by atoms with E-state index in [-0.39, 0.29) is 6.54 Å². The van der Waals surface area contributed by atoms with Crippen molar-refractivity contribution in [3.8, 4) is 0 Å². The highest BCUT2D eigenvalue weighted by atomic mass is 16.6. The molecule has 0 aliphatic heterocycles. The van der Waals surface area contributed by atoms with E-state index in [4.69, 9.17) is 15.6 Å². The van der Waals surface area contributed by atoms with Gasteiger partial charge in [0.15, 0.2) is 0 Å². The molecule has 4 N–H and O–H groups in total. The molecule has 0 radical (unpaired) electrons. The van der Waals surface area contributed by atoms with Gasteiger partial charge in [-0.1, -0.05) is 26.7 Å². The largest absolute Gasteiger partial charge is 0.480 e. The first kappa shape index (κ1) is 17.7. The third-order valence-corrected chi connectivity index (χ3v) is 2.73. The smallest absolute Gasteiger partial charge is 0.408 e. The normalized spacial score (nSPS) is 13.2. The third kappa shape index (κ3) is 8.42. The van der Waals surface area contributed by atoms with Crippen LogP contribution in [0.5, 0.6) is 0 Å². The van der Waals surface area contributed by atoms with Gasteiger partial charge in [-0.15, -0.1) is 0 Å². The molecule has 0 aliphatic carbocycles. The highest BCUT2D eigenvalue weighted by molar-refractivity contribution is 5.79. The molecular formula is C13H26N2O4. The van der Waals surface area contributed by atoms with E-state index in [9.17, 15) is 9.59 Å². The summed E-state index contributed by atoms with van der Waals surface area (Å²) in [4.78, 5) is 22.6. The number of carbonyl (C=O) groups is 2. The number of hydrogen-bond donors (Lipinski definition) is 3. The summed E-state index contributed by atoms with van der Waals surface area (Å²) in [6.07, 6.45) is 1.32. The Bertz CT molecular complexity index is 303. The lowest BCUT2D eigenvalue weighted by atomic mass is 10.0. The minimum atomic E-state index is -1.05. The number of alkyl carbamates (subject to hydrolysis) is 1. The molecule has 1 amide bonds. The number of nitrogens with two attached hydrogens (primary N) is 1. The van der Waals surface area contributed by atoms with Crippen LogP contribution < -0.4 is 11.1 Å². The molecule has 0 aromatic carbocycles. The number of hydrogen-bond acceptors (Lipinski definition) is 4. The van der Waals surface area contributed by atoms with Crippen molar-refractivity contribution in [1.29, 1.82) is 0 Å². The number of carbonyl (C=O) groups excluding carboxylic acids is 1. The standard InChI is InChI=1S/C13H26N2O4/c1-9(2)6-5-7-10(11(16)17)15-12(18)19-13(3,4)8-14/h9-10H,5-8,14H2,1-4H3,(H,15,18)(H,16,17). The Morgan fingerprint density at radius 1 is 1.32 bits per heavy atom. The van der Waals surface area contributed by atoms with Gasteiger partial charge >= 0.3 is 12.1 Å². The van der Waals surface area contributed by atoms with Crippen molar-refractivity contribution in [2.75, 3.05) is 6.54 Å². The minimum Gasteiger partial charge on any atom is -0.480 e. The molecule has 0 aromatic heterocycles. The number of aliphatic carboxylic acids is 1. The molecule has 0 fully saturated rings. The molecule has 19 heavy (non-hydrogen) atoms. The van der Waals surface area contributed by atoms with Gasteiger partial charge in [0.05, 0.1) is 0 Å². The fourth-order valence-corrected chi connectivity index (χ4v) is 1.45. The van der Waals surface area contributed by atoms with Crippen LogP contribution in [0.2, 0.25) is 0 Å². The first-order valence-corrected chi connectivity index (χ1v) is 6.60. The molecule has 112 valence electrons. The zero-order chi connectivity index (χ0) is 15.1. The summed E-state index contributed by atoms with van der Waals surface area (Å²) < 4.78 is 5.06. The molecule has 0 spiro atoms. The summed E-state index contributed by atoms with van der Waals surface area (Å²) in [6.45, 7) is 7.65. The molecule has 6 heteroatoms. The quantitative estimate of drug-likeness (QED) is 0.625. The van der Waals surface area contributed by atoms with Crippen LogP contribution in [0, 0.1) is 5.92 Å². The van der Waals surface area contributed by atoms with Gasteiger partial charge in [-0.2, -0.15) is 0 Å². The fraction of sp³-hybridized carbons (Fsp3) is 0.846. The van der Waals surface area contributed by atoms with Crippen molar-refractivity contribution in [3.63, 3.8) is 0 Å². The number of nitrogens with one attached hydrogen (secondary N) is 1. The van der Waals surface area contributed by atoms with E-state index in [1.807, 2.05) is 0 Å². The van der Waals surface area contributed by atoms with Gasteiger partial charge < -0.3 is 20.9 Å². The topological polar surface area (TPSA) is 102 Å². The van der Waals surface area contributed by atoms with Crippen LogP contribution >= 0.6 is 0 Å². The minimum absolute atomic E-state index is 0.172. The first-order valence-electron chi connectivity index (χ1n) is 6.60. The predicted molar refractivity (Wildman–Crippen MR) is 72.9 cm³/mol. The van der Waals surface area contributed by atoms with Gasteiger partial charge in [0.1, 0.15) is 11.6 Å². The van der Waals surface area contributed by atoms with Gasteiger partial charge in [-0.25, -0.2) is 9.59 Å². The van der Waals surface area contributed by atoms with Crippen molar-refractivity contribution in [2.45, 2.75) is 58.6 Å². The Kier molecular flexibility index (Phi) is 7.44. The van der Waals surface area contributed by atoms with Crippen LogP contribution in [-0.2, 0) is 9.53 Å². The molecule has 1 atom stereocenters. The Morgan fingerprint density at radius 3 is 2.32 bits per heavy atom. The van der Waals surface area contributed by atoms with Gasteiger partial charge in [0, 0.05) is 6.54 Å². The van der Waals surface area contributed by atoms with E-state index >= 15 is 0 Å². The maximum atomic E-state index is 11.6. The molecule has 0 saturated heterocycles.